The summed E-state index contributed by atoms with van der Waals surface area (Å²) in [5.41, 5.74) is -0.152. The number of halogens is 4. The number of amides is 1. The SMILES string of the molecule is O=C(Nc1cc(Br)ccc1Cl)c1ccnc(F)c1F. The number of carbonyl (C=O) groups is 1. The largest absolute Gasteiger partial charge is 0.321 e. The highest BCUT2D eigenvalue weighted by Gasteiger charge is 2.17. The molecule has 0 aliphatic rings. The summed E-state index contributed by atoms with van der Waals surface area (Å²) in [6.45, 7) is 0. The van der Waals surface area contributed by atoms with E-state index in [0.717, 1.165) is 12.3 Å². The molecule has 98 valence electrons. The lowest BCUT2D eigenvalue weighted by molar-refractivity contribution is 0.102. The molecule has 19 heavy (non-hydrogen) atoms. The number of aromatic nitrogens is 1. The zero-order valence-electron chi connectivity index (χ0n) is 9.25. The Kier molecular flexibility index (Phi) is 4.11. The molecule has 0 aliphatic carbocycles. The third-order valence-corrected chi connectivity index (χ3v) is 3.09. The molecule has 0 spiro atoms. The van der Waals surface area contributed by atoms with E-state index in [1.54, 1.807) is 18.2 Å². The van der Waals surface area contributed by atoms with Crippen molar-refractivity contribution in [1.82, 2.24) is 4.98 Å². The van der Waals surface area contributed by atoms with Crippen LogP contribution in [0.15, 0.2) is 34.9 Å². The van der Waals surface area contributed by atoms with Crippen LogP contribution in [0.5, 0.6) is 0 Å². The maximum absolute atomic E-state index is 13.4. The minimum Gasteiger partial charge on any atom is -0.321 e. The smallest absolute Gasteiger partial charge is 0.258 e. The Morgan fingerprint density at radius 3 is 2.79 bits per heavy atom. The maximum atomic E-state index is 13.4. The van der Waals surface area contributed by atoms with Gasteiger partial charge in [-0.05, 0) is 24.3 Å². The molecular weight excluding hydrogens is 341 g/mol. The predicted octanol–water partition coefficient (Wildman–Crippen LogP) is 4.03. The van der Waals surface area contributed by atoms with Gasteiger partial charge in [-0.3, -0.25) is 4.79 Å². The fraction of sp³-hybridized carbons (Fsp3) is 0. The monoisotopic (exact) mass is 346 g/mol. The molecule has 0 aliphatic heterocycles. The number of hydrogen-bond donors (Lipinski definition) is 1. The molecular formula is C12H6BrClF2N2O. The summed E-state index contributed by atoms with van der Waals surface area (Å²) in [5, 5.41) is 2.68. The van der Waals surface area contributed by atoms with Crippen molar-refractivity contribution in [3.8, 4) is 0 Å². The molecule has 1 amide bonds. The number of hydrogen-bond acceptors (Lipinski definition) is 2. The molecule has 1 N–H and O–H groups in total. The molecule has 1 aromatic heterocycles. The summed E-state index contributed by atoms with van der Waals surface area (Å²) in [4.78, 5) is 14.9. The van der Waals surface area contributed by atoms with Gasteiger partial charge in [0.05, 0.1) is 16.3 Å². The molecule has 2 rings (SSSR count). The summed E-state index contributed by atoms with van der Waals surface area (Å²) < 4.78 is 27.0. The van der Waals surface area contributed by atoms with E-state index in [9.17, 15) is 13.6 Å². The van der Waals surface area contributed by atoms with Gasteiger partial charge in [-0.15, -0.1) is 0 Å². The number of carbonyl (C=O) groups excluding carboxylic acids is 1. The molecule has 2 aromatic rings. The number of nitrogens with zero attached hydrogens (tertiary/aromatic N) is 1. The molecule has 1 aromatic carbocycles. The maximum Gasteiger partial charge on any atom is 0.258 e. The second-order valence-corrected chi connectivity index (χ2v) is 4.86. The molecule has 0 fully saturated rings. The lowest BCUT2D eigenvalue weighted by Gasteiger charge is -2.08. The van der Waals surface area contributed by atoms with Gasteiger partial charge in [-0.2, -0.15) is 4.39 Å². The fourth-order valence-electron chi connectivity index (χ4n) is 1.38. The molecule has 7 heteroatoms. The molecule has 0 saturated carbocycles. The van der Waals surface area contributed by atoms with Gasteiger partial charge in [-0.1, -0.05) is 27.5 Å². The summed E-state index contributed by atoms with van der Waals surface area (Å²) in [6, 6.07) is 5.88. The second-order valence-electron chi connectivity index (χ2n) is 3.54. The van der Waals surface area contributed by atoms with Crippen LogP contribution in [0.2, 0.25) is 5.02 Å². The average Bonchev–Trinajstić information content (AvgIpc) is 2.37. The Morgan fingerprint density at radius 2 is 2.05 bits per heavy atom. The average molecular weight is 348 g/mol. The van der Waals surface area contributed by atoms with Crippen LogP contribution in [0, 0.1) is 11.8 Å². The van der Waals surface area contributed by atoms with Crippen LogP contribution in [-0.2, 0) is 0 Å². The number of nitrogens with one attached hydrogen (secondary N) is 1. The lowest BCUT2D eigenvalue weighted by atomic mass is 10.2. The highest BCUT2D eigenvalue weighted by molar-refractivity contribution is 9.10. The standard InChI is InChI=1S/C12H6BrClF2N2O/c13-6-1-2-8(14)9(5-6)18-12(19)7-3-4-17-11(16)10(7)15/h1-5H,(H,18,19). The van der Waals surface area contributed by atoms with E-state index in [1.807, 2.05) is 0 Å². The van der Waals surface area contributed by atoms with E-state index in [2.05, 4.69) is 26.2 Å². The minimum absolute atomic E-state index is 0.284. The van der Waals surface area contributed by atoms with Crippen LogP contribution in [-0.4, -0.2) is 10.9 Å². The number of benzene rings is 1. The first kappa shape index (κ1) is 13.9. The predicted molar refractivity (Wildman–Crippen MR) is 71.3 cm³/mol. The topological polar surface area (TPSA) is 42.0 Å². The molecule has 0 atom stereocenters. The Hall–Kier alpha value is -1.53. The van der Waals surface area contributed by atoms with E-state index in [-0.39, 0.29) is 10.7 Å². The van der Waals surface area contributed by atoms with Crippen LogP contribution < -0.4 is 5.32 Å². The van der Waals surface area contributed by atoms with Gasteiger partial charge in [0.1, 0.15) is 0 Å². The van der Waals surface area contributed by atoms with E-state index in [0.29, 0.717) is 4.47 Å². The van der Waals surface area contributed by atoms with Crippen molar-refractivity contribution in [2.24, 2.45) is 0 Å². The molecule has 1 heterocycles. The van der Waals surface area contributed by atoms with Gasteiger partial charge in [0.15, 0.2) is 5.82 Å². The van der Waals surface area contributed by atoms with Gasteiger partial charge in [0, 0.05) is 10.7 Å². The third-order valence-electron chi connectivity index (χ3n) is 2.27. The Balaban J connectivity index is 2.31. The second kappa shape index (κ2) is 5.63. The molecule has 0 bridgehead atoms. The number of anilines is 1. The van der Waals surface area contributed by atoms with E-state index in [1.165, 1.54) is 0 Å². The minimum atomic E-state index is -1.33. The van der Waals surface area contributed by atoms with Gasteiger partial charge in [0.2, 0.25) is 5.95 Å². The van der Waals surface area contributed by atoms with Crippen LogP contribution >= 0.6 is 27.5 Å². The number of pyridine rings is 1. The van der Waals surface area contributed by atoms with Crippen molar-refractivity contribution in [2.45, 2.75) is 0 Å². The van der Waals surface area contributed by atoms with Gasteiger partial charge in [0.25, 0.3) is 5.91 Å². The van der Waals surface area contributed by atoms with Crippen LogP contribution in [0.3, 0.4) is 0 Å². The van der Waals surface area contributed by atoms with E-state index in [4.69, 9.17) is 11.6 Å². The zero-order valence-corrected chi connectivity index (χ0v) is 11.6. The zero-order chi connectivity index (χ0) is 14.0. The highest BCUT2D eigenvalue weighted by Crippen LogP contribution is 2.26. The molecule has 3 nitrogen and oxygen atoms in total. The third kappa shape index (κ3) is 3.08. The van der Waals surface area contributed by atoms with Crippen molar-refractivity contribution in [3.05, 3.63) is 57.3 Å². The van der Waals surface area contributed by atoms with Gasteiger partial charge >= 0.3 is 0 Å². The van der Waals surface area contributed by atoms with Crippen molar-refractivity contribution in [2.75, 3.05) is 5.32 Å². The summed E-state index contributed by atoms with van der Waals surface area (Å²) >= 11 is 9.10. The van der Waals surface area contributed by atoms with Crippen LogP contribution in [0.1, 0.15) is 10.4 Å². The summed E-state index contributed by atoms with van der Waals surface area (Å²) in [5.74, 6) is -3.43. The normalized spacial score (nSPS) is 10.3. The quantitative estimate of drug-likeness (QED) is 0.834. The Bertz CT molecular complexity index is 652. The van der Waals surface area contributed by atoms with Crippen LogP contribution in [0.4, 0.5) is 14.5 Å². The highest BCUT2D eigenvalue weighted by atomic mass is 79.9. The van der Waals surface area contributed by atoms with E-state index >= 15 is 0 Å². The van der Waals surface area contributed by atoms with Crippen molar-refractivity contribution in [3.63, 3.8) is 0 Å². The van der Waals surface area contributed by atoms with Gasteiger partial charge in [-0.25, -0.2) is 9.37 Å². The Morgan fingerprint density at radius 1 is 1.32 bits per heavy atom. The van der Waals surface area contributed by atoms with Crippen molar-refractivity contribution in [1.29, 1.82) is 0 Å². The van der Waals surface area contributed by atoms with Gasteiger partial charge < -0.3 is 5.32 Å². The van der Waals surface area contributed by atoms with Crippen molar-refractivity contribution < 1.29 is 13.6 Å². The number of rotatable bonds is 2. The first-order chi connectivity index (χ1) is 8.99. The van der Waals surface area contributed by atoms with E-state index < -0.39 is 23.2 Å². The lowest BCUT2D eigenvalue weighted by Crippen LogP contribution is -2.15. The fourth-order valence-corrected chi connectivity index (χ4v) is 1.90. The Labute approximate surface area is 120 Å². The molecule has 0 saturated heterocycles. The first-order valence-electron chi connectivity index (χ1n) is 5.05. The molecule has 0 radical (unpaired) electrons. The van der Waals surface area contributed by atoms with Crippen LogP contribution in [0.25, 0.3) is 0 Å². The summed E-state index contributed by atoms with van der Waals surface area (Å²) in [7, 11) is 0. The molecule has 0 unspecified atom stereocenters. The summed E-state index contributed by atoms with van der Waals surface area (Å²) in [6.07, 6.45) is 1.01. The first-order valence-corrected chi connectivity index (χ1v) is 6.22. The van der Waals surface area contributed by atoms with Crippen molar-refractivity contribution >= 4 is 39.1 Å².